The molecule has 13 heavy (non-hydrogen) atoms. The predicted octanol–water partition coefficient (Wildman–Crippen LogP) is 3.84. The minimum atomic E-state index is 1.21. The summed E-state index contributed by atoms with van der Waals surface area (Å²) in [6, 6.07) is 2.13. The molecule has 0 saturated carbocycles. The van der Waals surface area contributed by atoms with E-state index < -0.39 is 0 Å². The highest BCUT2D eigenvalue weighted by Crippen LogP contribution is 2.26. The summed E-state index contributed by atoms with van der Waals surface area (Å²) in [5.41, 5.74) is 5.03. The molecular weight excluding hydrogens is 176 g/mol. The van der Waals surface area contributed by atoms with E-state index in [0.717, 1.165) is 0 Å². The number of allylic oxidation sites excluding steroid dienone is 6. The Morgan fingerprint density at radius 2 is 2.15 bits per heavy atom. The first kappa shape index (κ1) is 8.52. The normalized spacial score (nSPS) is 14.9. The van der Waals surface area contributed by atoms with E-state index in [9.17, 15) is 0 Å². The van der Waals surface area contributed by atoms with Gasteiger partial charge in [-0.3, -0.25) is 0 Å². The van der Waals surface area contributed by atoms with Crippen molar-refractivity contribution in [2.75, 3.05) is 0 Å². The summed E-state index contributed by atoms with van der Waals surface area (Å²) in [5.74, 6) is 0. The fourth-order valence-electron chi connectivity index (χ4n) is 1.27. The van der Waals surface area contributed by atoms with Crippen molar-refractivity contribution in [3.8, 4) is 0 Å². The van der Waals surface area contributed by atoms with Crippen LogP contribution in [0.3, 0.4) is 0 Å². The highest BCUT2D eigenvalue weighted by molar-refractivity contribution is 7.08. The van der Waals surface area contributed by atoms with E-state index in [4.69, 9.17) is 0 Å². The van der Waals surface area contributed by atoms with E-state index in [1.807, 2.05) is 0 Å². The molecule has 0 spiro atoms. The van der Waals surface area contributed by atoms with Crippen LogP contribution in [0.2, 0.25) is 0 Å². The lowest BCUT2D eigenvalue weighted by molar-refractivity contribution is 1.34. The van der Waals surface area contributed by atoms with Gasteiger partial charge in [-0.1, -0.05) is 17.7 Å². The van der Waals surface area contributed by atoms with Gasteiger partial charge in [-0.05, 0) is 53.5 Å². The van der Waals surface area contributed by atoms with E-state index in [0.29, 0.717) is 0 Å². The molecule has 1 aliphatic carbocycles. The van der Waals surface area contributed by atoms with Crippen molar-refractivity contribution in [2.45, 2.75) is 13.8 Å². The smallest absolute Gasteiger partial charge is 0.00145 e. The first-order valence-corrected chi connectivity index (χ1v) is 5.24. The van der Waals surface area contributed by atoms with E-state index in [1.54, 1.807) is 11.3 Å². The molecule has 1 heteroatoms. The van der Waals surface area contributed by atoms with Crippen molar-refractivity contribution >= 4 is 16.9 Å². The van der Waals surface area contributed by atoms with Crippen LogP contribution in [0.4, 0.5) is 0 Å². The van der Waals surface area contributed by atoms with Gasteiger partial charge in [0.1, 0.15) is 0 Å². The Hall–Kier alpha value is -1.08. The summed E-state index contributed by atoms with van der Waals surface area (Å²) in [6.07, 6.45) is 7.64. The number of hydrogen-bond acceptors (Lipinski definition) is 1. The molecule has 1 radical (unpaired) electrons. The zero-order chi connectivity index (χ0) is 9.26. The summed E-state index contributed by atoms with van der Waals surface area (Å²) in [4.78, 5) is 0. The maximum atomic E-state index is 3.38. The first-order valence-electron chi connectivity index (χ1n) is 4.29. The monoisotopic (exact) mass is 187 g/mol. The van der Waals surface area contributed by atoms with Crippen molar-refractivity contribution in [1.82, 2.24) is 0 Å². The Labute approximate surface area is 82.9 Å². The molecule has 0 bridgehead atoms. The van der Waals surface area contributed by atoms with Gasteiger partial charge >= 0.3 is 0 Å². The maximum absolute atomic E-state index is 3.38. The van der Waals surface area contributed by atoms with Crippen molar-refractivity contribution in [1.29, 1.82) is 0 Å². The quantitative estimate of drug-likeness (QED) is 0.626. The van der Waals surface area contributed by atoms with Crippen LogP contribution in [0, 0.1) is 6.08 Å². The molecule has 1 aromatic heterocycles. The van der Waals surface area contributed by atoms with Crippen molar-refractivity contribution < 1.29 is 0 Å². The predicted molar refractivity (Wildman–Crippen MR) is 58.5 cm³/mol. The number of thiophene rings is 1. The van der Waals surface area contributed by atoms with Crippen molar-refractivity contribution in [2.24, 2.45) is 0 Å². The lowest BCUT2D eigenvalue weighted by atomic mass is 10.1. The molecule has 0 nitrogen and oxygen atoms in total. The highest BCUT2D eigenvalue weighted by atomic mass is 32.1. The molecule has 0 aromatic carbocycles. The molecule has 1 aromatic rings. The fraction of sp³-hybridized carbons (Fsp3) is 0.167. The lowest BCUT2D eigenvalue weighted by Crippen LogP contribution is -1.74. The molecule has 1 aliphatic rings. The minimum Gasteiger partial charge on any atom is -0.152 e. The SMILES string of the molecule is CC(C)=C1[C]=C(c2ccsc2)C=C1. The maximum Gasteiger partial charge on any atom is -0.00145 e. The van der Waals surface area contributed by atoms with Gasteiger partial charge in [-0.15, -0.1) is 0 Å². The molecule has 0 N–H and O–H groups in total. The zero-order valence-corrected chi connectivity index (χ0v) is 8.61. The van der Waals surface area contributed by atoms with Crippen LogP contribution < -0.4 is 0 Å². The van der Waals surface area contributed by atoms with Gasteiger partial charge in [0.05, 0.1) is 0 Å². The molecule has 0 aliphatic heterocycles. The van der Waals surface area contributed by atoms with Crippen LogP contribution in [0.25, 0.3) is 5.57 Å². The summed E-state index contributed by atoms with van der Waals surface area (Å²) < 4.78 is 0. The molecule has 2 rings (SSSR count). The zero-order valence-electron chi connectivity index (χ0n) is 7.79. The third-order valence-corrected chi connectivity index (χ3v) is 2.74. The fourth-order valence-corrected chi connectivity index (χ4v) is 1.93. The van der Waals surface area contributed by atoms with Crippen molar-refractivity contribution in [3.05, 3.63) is 51.8 Å². The van der Waals surface area contributed by atoms with Crippen LogP contribution in [-0.2, 0) is 0 Å². The van der Waals surface area contributed by atoms with E-state index in [2.05, 4.69) is 48.9 Å². The molecule has 0 fully saturated rings. The molecule has 0 amide bonds. The van der Waals surface area contributed by atoms with Gasteiger partial charge < -0.3 is 0 Å². The average Bonchev–Trinajstić information content (AvgIpc) is 2.75. The Morgan fingerprint density at radius 1 is 1.31 bits per heavy atom. The minimum absolute atomic E-state index is 1.21. The Balaban J connectivity index is 2.37. The summed E-state index contributed by atoms with van der Waals surface area (Å²) in [5, 5.41) is 4.25. The van der Waals surface area contributed by atoms with Gasteiger partial charge in [0.25, 0.3) is 0 Å². The molecule has 65 valence electrons. The third-order valence-electron chi connectivity index (χ3n) is 2.06. The summed E-state index contributed by atoms with van der Waals surface area (Å²) in [6.45, 7) is 4.23. The van der Waals surface area contributed by atoms with Crippen molar-refractivity contribution in [3.63, 3.8) is 0 Å². The van der Waals surface area contributed by atoms with E-state index in [1.165, 1.54) is 22.3 Å². The van der Waals surface area contributed by atoms with Crippen LogP contribution in [0.1, 0.15) is 19.4 Å². The first-order chi connectivity index (χ1) is 6.27. The van der Waals surface area contributed by atoms with Crippen LogP contribution in [0.5, 0.6) is 0 Å². The second kappa shape index (κ2) is 3.35. The Bertz CT molecular complexity index is 385. The topological polar surface area (TPSA) is 0 Å². The highest BCUT2D eigenvalue weighted by Gasteiger charge is 2.06. The number of rotatable bonds is 1. The van der Waals surface area contributed by atoms with Crippen LogP contribution in [-0.4, -0.2) is 0 Å². The molecule has 0 unspecified atom stereocenters. The van der Waals surface area contributed by atoms with Gasteiger partial charge in [-0.25, -0.2) is 0 Å². The third kappa shape index (κ3) is 1.65. The van der Waals surface area contributed by atoms with Gasteiger partial charge in [0.2, 0.25) is 0 Å². The van der Waals surface area contributed by atoms with E-state index in [-0.39, 0.29) is 0 Å². The van der Waals surface area contributed by atoms with Gasteiger partial charge in [0, 0.05) is 0 Å². The Morgan fingerprint density at radius 3 is 2.69 bits per heavy atom. The molecule has 0 atom stereocenters. The van der Waals surface area contributed by atoms with E-state index >= 15 is 0 Å². The lowest BCUT2D eigenvalue weighted by Gasteiger charge is -1.92. The molecule has 1 heterocycles. The Kier molecular flexibility index (Phi) is 2.19. The average molecular weight is 187 g/mol. The molecule has 0 saturated heterocycles. The van der Waals surface area contributed by atoms with Gasteiger partial charge in [-0.2, -0.15) is 11.3 Å². The molecular formula is C12H11S. The summed E-state index contributed by atoms with van der Waals surface area (Å²) in [7, 11) is 0. The largest absolute Gasteiger partial charge is 0.152 e. The second-order valence-electron chi connectivity index (χ2n) is 3.30. The van der Waals surface area contributed by atoms with Gasteiger partial charge in [0.15, 0.2) is 0 Å². The standard InChI is InChI=1S/C12H11S/c1-9(2)10-3-4-11(7-10)12-5-6-13-8-12/h3-6,8H,1-2H3. The summed E-state index contributed by atoms with van der Waals surface area (Å²) >= 11 is 1.73. The number of hydrogen-bond donors (Lipinski definition) is 0. The van der Waals surface area contributed by atoms with Crippen LogP contribution >= 0.6 is 11.3 Å². The van der Waals surface area contributed by atoms with Crippen LogP contribution in [0.15, 0.2) is 40.1 Å². The second-order valence-corrected chi connectivity index (χ2v) is 4.08.